The normalized spacial score (nSPS) is 19.2. The minimum atomic E-state index is -0.381. The summed E-state index contributed by atoms with van der Waals surface area (Å²) >= 11 is 0. The zero-order valence-corrected chi connectivity index (χ0v) is 19.4. The fraction of sp³-hybridized carbons (Fsp3) is 0.429. The zero-order valence-electron chi connectivity index (χ0n) is 19.4. The second-order valence-electron chi connectivity index (χ2n) is 9.18. The molecule has 2 aromatic rings. The minimum absolute atomic E-state index is 0.282. The average Bonchev–Trinajstić information content (AvgIpc) is 3.63. The minimum Gasteiger partial charge on any atom is -0.491 e. The van der Waals surface area contributed by atoms with Gasteiger partial charge in [-0.15, -0.1) is 0 Å². The number of pyridine rings is 1. The van der Waals surface area contributed by atoms with Gasteiger partial charge in [-0.1, -0.05) is 31.7 Å². The van der Waals surface area contributed by atoms with Crippen LogP contribution in [0.5, 0.6) is 5.75 Å². The SMILES string of the molecule is C=C(C)c1ccc(OCC2CCCCN2C(=C)c2ccnc(C3(C#N)CC3)c2)cc1CC. The highest BCUT2D eigenvalue weighted by atomic mass is 16.5. The molecule has 1 aliphatic heterocycles. The number of hydrogen-bond acceptors (Lipinski definition) is 4. The van der Waals surface area contributed by atoms with Crippen molar-refractivity contribution in [1.29, 1.82) is 5.26 Å². The topological polar surface area (TPSA) is 49.1 Å². The standard InChI is InChI=1S/C28H33N3O/c1-5-22-16-25(9-10-26(22)20(2)3)32-18-24-8-6-7-15-31(24)21(4)23-11-14-30-27(17-23)28(19-29)12-13-28/h9-11,14,16-17,24H,2,4-8,12-13,15,18H2,1,3H3. The molecule has 1 aromatic heterocycles. The third kappa shape index (κ3) is 4.43. The summed E-state index contributed by atoms with van der Waals surface area (Å²) in [6.45, 7) is 14.3. The summed E-state index contributed by atoms with van der Waals surface area (Å²) in [7, 11) is 0. The van der Waals surface area contributed by atoms with Crippen LogP contribution in [0.2, 0.25) is 0 Å². The molecular formula is C28H33N3O. The van der Waals surface area contributed by atoms with E-state index >= 15 is 0 Å². The van der Waals surface area contributed by atoms with E-state index < -0.39 is 0 Å². The monoisotopic (exact) mass is 427 g/mol. The first-order valence-electron chi connectivity index (χ1n) is 11.7. The van der Waals surface area contributed by atoms with Gasteiger partial charge < -0.3 is 9.64 Å². The van der Waals surface area contributed by atoms with Crippen LogP contribution in [0.1, 0.15) is 68.3 Å². The second-order valence-corrected chi connectivity index (χ2v) is 9.18. The Bertz CT molecular complexity index is 1060. The van der Waals surface area contributed by atoms with Gasteiger partial charge in [0.15, 0.2) is 0 Å². The number of allylic oxidation sites excluding steroid dienone is 1. The summed E-state index contributed by atoms with van der Waals surface area (Å²) < 4.78 is 6.28. The highest BCUT2D eigenvalue weighted by molar-refractivity contribution is 5.65. The number of nitrogens with zero attached hydrogens (tertiary/aromatic N) is 3. The number of hydrogen-bond donors (Lipinski definition) is 0. The van der Waals surface area contributed by atoms with Crippen LogP contribution in [0.4, 0.5) is 0 Å². The molecule has 1 unspecified atom stereocenters. The van der Waals surface area contributed by atoms with Crippen LogP contribution in [0.25, 0.3) is 11.3 Å². The van der Waals surface area contributed by atoms with E-state index in [1.54, 1.807) is 0 Å². The van der Waals surface area contributed by atoms with Gasteiger partial charge in [-0.2, -0.15) is 5.26 Å². The predicted octanol–water partition coefficient (Wildman–Crippen LogP) is 6.14. The van der Waals surface area contributed by atoms with Crippen LogP contribution < -0.4 is 4.74 Å². The molecule has 1 aromatic carbocycles. The van der Waals surface area contributed by atoms with E-state index in [9.17, 15) is 5.26 Å². The summed E-state index contributed by atoms with van der Waals surface area (Å²) in [5.74, 6) is 0.916. The number of aryl methyl sites for hydroxylation is 1. The van der Waals surface area contributed by atoms with E-state index in [2.05, 4.69) is 60.3 Å². The van der Waals surface area contributed by atoms with Crippen molar-refractivity contribution < 1.29 is 4.74 Å². The first kappa shape index (κ1) is 22.1. The van der Waals surface area contributed by atoms with Crippen LogP contribution >= 0.6 is 0 Å². The maximum Gasteiger partial charge on any atom is 0.119 e. The lowest BCUT2D eigenvalue weighted by atomic mass is 9.98. The molecule has 4 heteroatoms. The molecule has 32 heavy (non-hydrogen) atoms. The lowest BCUT2D eigenvalue weighted by molar-refractivity contribution is 0.152. The van der Waals surface area contributed by atoms with Gasteiger partial charge in [-0.05, 0) is 80.8 Å². The van der Waals surface area contributed by atoms with Crippen LogP contribution in [0.3, 0.4) is 0 Å². The molecule has 2 heterocycles. The molecular weight excluding hydrogens is 394 g/mol. The lowest BCUT2D eigenvalue weighted by Crippen LogP contribution is -2.41. The van der Waals surface area contributed by atoms with Crippen molar-refractivity contribution in [3.63, 3.8) is 0 Å². The van der Waals surface area contributed by atoms with E-state index in [1.165, 1.54) is 17.5 Å². The smallest absolute Gasteiger partial charge is 0.119 e. The van der Waals surface area contributed by atoms with Crippen LogP contribution in [0, 0.1) is 11.3 Å². The van der Waals surface area contributed by atoms with Gasteiger partial charge in [0.25, 0.3) is 0 Å². The summed E-state index contributed by atoms with van der Waals surface area (Å²) in [5.41, 5.74) is 6.14. The number of piperidine rings is 1. The largest absolute Gasteiger partial charge is 0.491 e. The summed E-state index contributed by atoms with van der Waals surface area (Å²) in [6, 6.07) is 13.1. The van der Waals surface area contributed by atoms with E-state index in [-0.39, 0.29) is 11.5 Å². The number of likely N-dealkylation sites (tertiary alicyclic amines) is 1. The fourth-order valence-corrected chi connectivity index (χ4v) is 4.68. The van der Waals surface area contributed by atoms with Gasteiger partial charge in [-0.25, -0.2) is 0 Å². The number of ether oxygens (including phenoxy) is 1. The second kappa shape index (κ2) is 9.20. The van der Waals surface area contributed by atoms with Crippen molar-refractivity contribution in [3.05, 3.63) is 72.1 Å². The van der Waals surface area contributed by atoms with E-state index in [4.69, 9.17) is 4.74 Å². The first-order valence-corrected chi connectivity index (χ1v) is 11.7. The number of benzene rings is 1. The Balaban J connectivity index is 1.48. The summed E-state index contributed by atoms with van der Waals surface area (Å²) in [5, 5.41) is 9.55. The average molecular weight is 428 g/mol. The Kier molecular flexibility index (Phi) is 6.37. The molecule has 0 bridgehead atoms. The van der Waals surface area contributed by atoms with Gasteiger partial charge in [0.05, 0.1) is 23.2 Å². The molecule has 0 N–H and O–H groups in total. The van der Waals surface area contributed by atoms with Crippen molar-refractivity contribution >= 4 is 11.3 Å². The molecule has 1 saturated carbocycles. The number of rotatable bonds is 8. The third-order valence-corrected chi connectivity index (χ3v) is 6.88. The number of nitriles is 1. The molecule has 2 fully saturated rings. The molecule has 0 radical (unpaired) electrons. The van der Waals surface area contributed by atoms with Gasteiger partial charge in [-0.3, -0.25) is 4.98 Å². The fourth-order valence-electron chi connectivity index (χ4n) is 4.68. The van der Waals surface area contributed by atoms with E-state index in [0.717, 1.165) is 66.9 Å². The molecule has 4 rings (SSSR count). The Hall–Kier alpha value is -3.06. The molecule has 1 aliphatic carbocycles. The maximum atomic E-state index is 9.55. The molecule has 4 nitrogen and oxygen atoms in total. The van der Waals surface area contributed by atoms with E-state index in [1.807, 2.05) is 19.2 Å². The molecule has 2 aliphatic rings. The van der Waals surface area contributed by atoms with Crippen molar-refractivity contribution in [2.24, 2.45) is 0 Å². The van der Waals surface area contributed by atoms with Crippen LogP contribution in [0.15, 0.2) is 49.7 Å². The van der Waals surface area contributed by atoms with Crippen LogP contribution in [-0.4, -0.2) is 29.1 Å². The third-order valence-electron chi connectivity index (χ3n) is 6.88. The Morgan fingerprint density at radius 2 is 2.06 bits per heavy atom. The molecule has 0 amide bonds. The molecule has 1 saturated heterocycles. The van der Waals surface area contributed by atoms with Crippen molar-refractivity contribution in [2.45, 2.75) is 63.8 Å². The Morgan fingerprint density at radius 3 is 2.75 bits per heavy atom. The van der Waals surface area contributed by atoms with E-state index in [0.29, 0.717) is 6.61 Å². The zero-order chi connectivity index (χ0) is 22.7. The number of aromatic nitrogens is 1. The summed E-state index contributed by atoms with van der Waals surface area (Å²) in [6.07, 6.45) is 8.02. The van der Waals surface area contributed by atoms with Gasteiger partial charge in [0.1, 0.15) is 12.4 Å². The van der Waals surface area contributed by atoms with Crippen molar-refractivity contribution in [3.8, 4) is 11.8 Å². The van der Waals surface area contributed by atoms with Gasteiger partial charge >= 0.3 is 0 Å². The maximum absolute atomic E-state index is 9.55. The molecule has 0 spiro atoms. The highest BCUT2D eigenvalue weighted by Crippen LogP contribution is 2.47. The quantitative estimate of drug-likeness (QED) is 0.508. The van der Waals surface area contributed by atoms with Gasteiger partial charge in [0.2, 0.25) is 0 Å². The molecule has 1 atom stereocenters. The summed E-state index contributed by atoms with van der Waals surface area (Å²) in [4.78, 5) is 6.88. The van der Waals surface area contributed by atoms with Crippen molar-refractivity contribution in [2.75, 3.05) is 13.2 Å². The lowest BCUT2D eigenvalue weighted by Gasteiger charge is -2.38. The first-order chi connectivity index (χ1) is 15.5. The van der Waals surface area contributed by atoms with Crippen LogP contribution in [-0.2, 0) is 11.8 Å². The van der Waals surface area contributed by atoms with Crippen molar-refractivity contribution in [1.82, 2.24) is 9.88 Å². The Morgan fingerprint density at radius 1 is 1.25 bits per heavy atom. The van der Waals surface area contributed by atoms with Gasteiger partial charge in [0, 0.05) is 24.0 Å². The molecule has 166 valence electrons. The Labute approximate surface area is 192 Å². The highest BCUT2D eigenvalue weighted by Gasteiger charge is 2.46. The predicted molar refractivity (Wildman–Crippen MR) is 130 cm³/mol.